The van der Waals surface area contributed by atoms with Gasteiger partial charge < -0.3 is 10.4 Å². The topological polar surface area (TPSA) is 49.3 Å². The van der Waals surface area contributed by atoms with Crippen LogP contribution < -0.4 is 5.32 Å². The predicted molar refractivity (Wildman–Crippen MR) is 76.7 cm³/mol. The number of nitrogens with one attached hydrogen (secondary N) is 1. The van der Waals surface area contributed by atoms with Crippen molar-refractivity contribution in [1.29, 1.82) is 0 Å². The quantitative estimate of drug-likeness (QED) is 0.777. The second-order valence-electron chi connectivity index (χ2n) is 7.34. The second-order valence-corrected chi connectivity index (χ2v) is 7.34. The standard InChI is InChI=1S/C16H29NO2/c1-16(2)8-5-12(6-9-16)11-15(19)17-14(7-10-18)13-3-4-13/h12-14,18H,3-11H2,1-2H3,(H,17,19). The van der Waals surface area contributed by atoms with Crippen LogP contribution in [0.25, 0.3) is 0 Å². The molecule has 0 aromatic carbocycles. The number of rotatable bonds is 6. The summed E-state index contributed by atoms with van der Waals surface area (Å²) >= 11 is 0. The minimum atomic E-state index is 0.180. The van der Waals surface area contributed by atoms with E-state index < -0.39 is 0 Å². The molecule has 3 heteroatoms. The summed E-state index contributed by atoms with van der Waals surface area (Å²) in [5.74, 6) is 1.40. The van der Waals surface area contributed by atoms with Crippen molar-refractivity contribution < 1.29 is 9.90 Å². The van der Waals surface area contributed by atoms with Gasteiger partial charge in [-0.05, 0) is 62.2 Å². The van der Waals surface area contributed by atoms with Crippen LogP contribution in [0, 0.1) is 17.3 Å². The molecule has 2 aliphatic carbocycles. The monoisotopic (exact) mass is 267 g/mol. The van der Waals surface area contributed by atoms with Crippen LogP contribution in [-0.4, -0.2) is 23.7 Å². The van der Waals surface area contributed by atoms with Crippen molar-refractivity contribution in [2.45, 2.75) is 71.3 Å². The van der Waals surface area contributed by atoms with E-state index in [2.05, 4.69) is 19.2 Å². The Hall–Kier alpha value is -0.570. The first-order valence-electron chi connectivity index (χ1n) is 7.90. The van der Waals surface area contributed by atoms with E-state index in [0.29, 0.717) is 30.1 Å². The van der Waals surface area contributed by atoms with Gasteiger partial charge in [0.25, 0.3) is 0 Å². The fourth-order valence-corrected chi connectivity index (χ4v) is 3.25. The molecule has 2 saturated carbocycles. The molecular formula is C16H29NO2. The summed E-state index contributed by atoms with van der Waals surface area (Å²) in [6.45, 7) is 4.83. The third-order valence-electron chi connectivity index (χ3n) is 4.91. The van der Waals surface area contributed by atoms with E-state index in [1.807, 2.05) is 0 Å². The molecule has 0 heterocycles. The zero-order chi connectivity index (χ0) is 13.9. The summed E-state index contributed by atoms with van der Waals surface area (Å²) < 4.78 is 0. The first-order chi connectivity index (χ1) is 9.00. The van der Waals surface area contributed by atoms with Crippen molar-refractivity contribution >= 4 is 5.91 Å². The van der Waals surface area contributed by atoms with Gasteiger partial charge >= 0.3 is 0 Å². The molecule has 1 unspecified atom stereocenters. The van der Waals surface area contributed by atoms with Crippen LogP contribution >= 0.6 is 0 Å². The summed E-state index contributed by atoms with van der Waals surface area (Å²) in [6.07, 6.45) is 8.69. The number of carbonyl (C=O) groups is 1. The number of aliphatic hydroxyl groups is 1. The largest absolute Gasteiger partial charge is 0.396 e. The van der Waals surface area contributed by atoms with Crippen LogP contribution in [0.4, 0.5) is 0 Å². The van der Waals surface area contributed by atoms with Crippen LogP contribution in [0.5, 0.6) is 0 Å². The Bertz CT molecular complexity index is 300. The molecule has 1 amide bonds. The summed E-state index contributed by atoms with van der Waals surface area (Å²) in [7, 11) is 0. The molecule has 0 saturated heterocycles. The van der Waals surface area contributed by atoms with Gasteiger partial charge in [-0.3, -0.25) is 4.79 Å². The summed E-state index contributed by atoms with van der Waals surface area (Å²) in [5.41, 5.74) is 0.473. The van der Waals surface area contributed by atoms with E-state index in [1.165, 1.54) is 38.5 Å². The minimum absolute atomic E-state index is 0.180. The lowest BCUT2D eigenvalue weighted by molar-refractivity contribution is -0.123. The molecule has 2 N–H and O–H groups in total. The third-order valence-corrected chi connectivity index (χ3v) is 4.91. The molecule has 3 nitrogen and oxygen atoms in total. The smallest absolute Gasteiger partial charge is 0.220 e. The highest BCUT2D eigenvalue weighted by Gasteiger charge is 2.33. The molecule has 0 aromatic rings. The van der Waals surface area contributed by atoms with E-state index in [1.54, 1.807) is 0 Å². The fourth-order valence-electron chi connectivity index (χ4n) is 3.25. The van der Waals surface area contributed by atoms with E-state index in [9.17, 15) is 4.79 Å². The molecule has 0 aliphatic heterocycles. The van der Waals surface area contributed by atoms with Crippen LogP contribution in [0.3, 0.4) is 0 Å². The maximum Gasteiger partial charge on any atom is 0.220 e. The highest BCUT2D eigenvalue weighted by Crippen LogP contribution is 2.39. The van der Waals surface area contributed by atoms with Gasteiger partial charge in [0.1, 0.15) is 0 Å². The zero-order valence-corrected chi connectivity index (χ0v) is 12.5. The second kappa shape index (κ2) is 6.25. The highest BCUT2D eigenvalue weighted by atomic mass is 16.3. The fraction of sp³-hybridized carbons (Fsp3) is 0.938. The van der Waals surface area contributed by atoms with Gasteiger partial charge in [-0.2, -0.15) is 0 Å². The van der Waals surface area contributed by atoms with Crippen LogP contribution in [0.1, 0.15) is 65.2 Å². The van der Waals surface area contributed by atoms with Crippen LogP contribution in [0.2, 0.25) is 0 Å². The van der Waals surface area contributed by atoms with Gasteiger partial charge in [0.05, 0.1) is 0 Å². The van der Waals surface area contributed by atoms with E-state index in [0.717, 1.165) is 0 Å². The number of hydrogen-bond donors (Lipinski definition) is 2. The zero-order valence-electron chi connectivity index (χ0n) is 12.5. The molecule has 0 bridgehead atoms. The van der Waals surface area contributed by atoms with Crippen molar-refractivity contribution in [3.63, 3.8) is 0 Å². The molecule has 19 heavy (non-hydrogen) atoms. The highest BCUT2D eigenvalue weighted by molar-refractivity contribution is 5.76. The lowest BCUT2D eigenvalue weighted by Crippen LogP contribution is -2.38. The number of aliphatic hydroxyl groups excluding tert-OH is 1. The Balaban J connectivity index is 1.71. The SMILES string of the molecule is CC1(C)CCC(CC(=O)NC(CCO)C2CC2)CC1. The lowest BCUT2D eigenvalue weighted by Gasteiger charge is -2.34. The number of carbonyl (C=O) groups excluding carboxylic acids is 1. The van der Waals surface area contributed by atoms with E-state index >= 15 is 0 Å². The molecular weight excluding hydrogens is 238 g/mol. The van der Waals surface area contributed by atoms with Crippen molar-refractivity contribution in [2.24, 2.45) is 17.3 Å². The van der Waals surface area contributed by atoms with Gasteiger partial charge in [-0.25, -0.2) is 0 Å². The van der Waals surface area contributed by atoms with Crippen molar-refractivity contribution in [2.75, 3.05) is 6.61 Å². The Kier molecular flexibility index (Phi) is 4.88. The van der Waals surface area contributed by atoms with Gasteiger partial charge in [-0.15, -0.1) is 0 Å². The lowest BCUT2D eigenvalue weighted by atomic mass is 9.72. The number of amides is 1. The molecule has 2 rings (SSSR count). The summed E-state index contributed by atoms with van der Waals surface area (Å²) in [4.78, 5) is 12.1. The molecule has 2 fully saturated rings. The predicted octanol–water partition coefficient (Wildman–Crippen LogP) is 2.87. The van der Waals surface area contributed by atoms with Crippen LogP contribution in [-0.2, 0) is 4.79 Å². The van der Waals surface area contributed by atoms with E-state index in [-0.39, 0.29) is 18.6 Å². The minimum Gasteiger partial charge on any atom is -0.396 e. The maximum absolute atomic E-state index is 12.1. The maximum atomic E-state index is 12.1. The average molecular weight is 267 g/mol. The Morgan fingerprint density at radius 2 is 1.89 bits per heavy atom. The molecule has 110 valence electrons. The van der Waals surface area contributed by atoms with Crippen molar-refractivity contribution in [1.82, 2.24) is 5.32 Å². The first kappa shape index (κ1) is 14.8. The van der Waals surface area contributed by atoms with Gasteiger partial charge in [0, 0.05) is 19.1 Å². The molecule has 2 aliphatic rings. The third kappa shape index (κ3) is 4.79. The van der Waals surface area contributed by atoms with Crippen LogP contribution in [0.15, 0.2) is 0 Å². The summed E-state index contributed by atoms with van der Waals surface area (Å²) in [6, 6.07) is 0.220. The van der Waals surface area contributed by atoms with Crippen molar-refractivity contribution in [3.8, 4) is 0 Å². The molecule has 0 radical (unpaired) electrons. The Labute approximate surface area is 117 Å². The molecule has 0 aromatic heterocycles. The van der Waals surface area contributed by atoms with Crippen molar-refractivity contribution in [3.05, 3.63) is 0 Å². The van der Waals surface area contributed by atoms with Gasteiger partial charge in [0.15, 0.2) is 0 Å². The average Bonchev–Trinajstić information content (AvgIpc) is 3.15. The Morgan fingerprint density at radius 1 is 1.26 bits per heavy atom. The summed E-state index contributed by atoms with van der Waals surface area (Å²) in [5, 5.41) is 12.2. The molecule has 0 spiro atoms. The number of hydrogen-bond acceptors (Lipinski definition) is 2. The molecule has 1 atom stereocenters. The Morgan fingerprint density at radius 3 is 2.42 bits per heavy atom. The first-order valence-corrected chi connectivity index (χ1v) is 7.90. The van der Waals surface area contributed by atoms with Gasteiger partial charge in [0.2, 0.25) is 5.91 Å². The van der Waals surface area contributed by atoms with E-state index in [4.69, 9.17) is 5.11 Å². The normalized spacial score (nSPS) is 25.0. The van der Waals surface area contributed by atoms with Gasteiger partial charge in [-0.1, -0.05) is 13.8 Å².